The summed E-state index contributed by atoms with van der Waals surface area (Å²) in [6.45, 7) is 6.86. The van der Waals surface area contributed by atoms with Crippen molar-refractivity contribution in [2.75, 3.05) is 39.5 Å². The molecular formula is C17H32N4O3. The number of nitrogens with zero attached hydrogens (tertiary/aromatic N) is 1. The van der Waals surface area contributed by atoms with Crippen molar-refractivity contribution in [3.05, 3.63) is 0 Å². The molecule has 0 spiro atoms. The van der Waals surface area contributed by atoms with Gasteiger partial charge < -0.3 is 14.2 Å². The van der Waals surface area contributed by atoms with Crippen molar-refractivity contribution in [1.82, 2.24) is 21.3 Å². The highest BCUT2D eigenvalue weighted by atomic mass is 16.6. The van der Waals surface area contributed by atoms with E-state index >= 15 is 0 Å². The van der Waals surface area contributed by atoms with Crippen molar-refractivity contribution < 1.29 is 14.2 Å². The zero-order valence-corrected chi connectivity index (χ0v) is 14.7. The normalized spacial score (nSPS) is 47.6. The Bertz CT molecular complexity index is 413. The first-order chi connectivity index (χ1) is 11.8. The Kier molecular flexibility index (Phi) is 5.68. The third-order valence-electron chi connectivity index (χ3n) is 5.89. The van der Waals surface area contributed by atoms with Gasteiger partial charge in [0.15, 0.2) is 0 Å². The molecule has 3 saturated heterocycles. The van der Waals surface area contributed by atoms with Crippen LogP contribution < -0.4 is 16.3 Å². The van der Waals surface area contributed by atoms with Gasteiger partial charge in [-0.2, -0.15) is 0 Å². The van der Waals surface area contributed by atoms with E-state index in [1.165, 1.54) is 12.8 Å². The van der Waals surface area contributed by atoms with Gasteiger partial charge in [-0.05, 0) is 38.5 Å². The maximum absolute atomic E-state index is 6.27. The maximum atomic E-state index is 6.27. The Morgan fingerprint density at radius 3 is 2.79 bits per heavy atom. The summed E-state index contributed by atoms with van der Waals surface area (Å²) < 4.78 is 17.7. The fourth-order valence-electron chi connectivity index (χ4n) is 4.68. The predicted molar refractivity (Wildman–Crippen MR) is 90.3 cm³/mol. The topological polar surface area (TPSA) is 67.0 Å². The minimum Gasteiger partial charge on any atom is -0.378 e. The molecule has 4 fully saturated rings. The van der Waals surface area contributed by atoms with Gasteiger partial charge in [0.05, 0.1) is 38.6 Å². The molecular weight excluding hydrogens is 308 g/mol. The maximum Gasteiger partial charge on any atom is 0.0784 e. The van der Waals surface area contributed by atoms with Crippen LogP contribution in [0.2, 0.25) is 0 Å². The largest absolute Gasteiger partial charge is 0.378 e. The van der Waals surface area contributed by atoms with Gasteiger partial charge in [0, 0.05) is 31.2 Å². The van der Waals surface area contributed by atoms with E-state index in [0.29, 0.717) is 50.0 Å². The average molecular weight is 340 g/mol. The molecule has 0 aromatic heterocycles. The first kappa shape index (κ1) is 17.1. The summed E-state index contributed by atoms with van der Waals surface area (Å²) in [6, 6.07) is 1.56. The molecule has 1 aliphatic carbocycles. The van der Waals surface area contributed by atoms with E-state index < -0.39 is 0 Å². The molecule has 7 heteroatoms. The quantitative estimate of drug-likeness (QED) is 0.575. The van der Waals surface area contributed by atoms with Gasteiger partial charge in [-0.15, -0.1) is 0 Å². The molecule has 4 rings (SSSR count). The van der Waals surface area contributed by atoms with Crippen LogP contribution in [0.25, 0.3) is 0 Å². The molecule has 0 aromatic carbocycles. The zero-order chi connectivity index (χ0) is 16.4. The lowest BCUT2D eigenvalue weighted by atomic mass is 9.78. The van der Waals surface area contributed by atoms with Crippen LogP contribution in [0.1, 0.15) is 32.6 Å². The molecule has 0 radical (unpaired) electrons. The van der Waals surface area contributed by atoms with E-state index in [9.17, 15) is 0 Å². The number of hydrogen-bond donors (Lipinski definition) is 3. The monoisotopic (exact) mass is 340 g/mol. The van der Waals surface area contributed by atoms with Gasteiger partial charge in [-0.25, -0.2) is 5.01 Å². The highest BCUT2D eigenvalue weighted by Gasteiger charge is 2.45. The minimum absolute atomic E-state index is 0.153. The number of hydrogen-bond acceptors (Lipinski definition) is 7. The van der Waals surface area contributed by atoms with E-state index in [1.54, 1.807) is 0 Å². The Morgan fingerprint density at radius 2 is 1.83 bits per heavy atom. The molecule has 138 valence electrons. The van der Waals surface area contributed by atoms with Crippen LogP contribution in [-0.4, -0.2) is 74.9 Å². The van der Waals surface area contributed by atoms with Gasteiger partial charge in [-0.3, -0.25) is 16.3 Å². The van der Waals surface area contributed by atoms with Gasteiger partial charge in [0.25, 0.3) is 0 Å². The van der Waals surface area contributed by atoms with Crippen LogP contribution in [0.5, 0.6) is 0 Å². The van der Waals surface area contributed by atoms with Crippen LogP contribution in [0, 0.1) is 5.92 Å². The number of nitrogens with one attached hydrogen (secondary N) is 3. The zero-order valence-electron chi connectivity index (χ0n) is 14.7. The van der Waals surface area contributed by atoms with E-state index in [-0.39, 0.29) is 6.10 Å². The Labute approximate surface area is 144 Å². The van der Waals surface area contributed by atoms with Crippen molar-refractivity contribution in [1.29, 1.82) is 0 Å². The van der Waals surface area contributed by atoms with Crippen molar-refractivity contribution in [3.63, 3.8) is 0 Å². The van der Waals surface area contributed by atoms with Crippen LogP contribution in [0.4, 0.5) is 0 Å². The Hall–Kier alpha value is -0.280. The summed E-state index contributed by atoms with van der Waals surface area (Å²) in [7, 11) is 0. The number of hydrazine groups is 2. The molecule has 3 aliphatic heterocycles. The molecule has 3 N–H and O–H groups in total. The van der Waals surface area contributed by atoms with E-state index in [0.717, 1.165) is 32.5 Å². The summed E-state index contributed by atoms with van der Waals surface area (Å²) in [5.41, 5.74) is 10.8. The van der Waals surface area contributed by atoms with Gasteiger partial charge in [-0.1, -0.05) is 0 Å². The molecule has 24 heavy (non-hydrogen) atoms. The fourth-order valence-corrected chi connectivity index (χ4v) is 4.68. The summed E-state index contributed by atoms with van der Waals surface area (Å²) in [6.07, 6.45) is 5.17. The van der Waals surface area contributed by atoms with Crippen LogP contribution in [0.15, 0.2) is 0 Å². The summed E-state index contributed by atoms with van der Waals surface area (Å²) in [5, 5.41) is 2.31. The molecule has 1 saturated carbocycles. The third-order valence-corrected chi connectivity index (χ3v) is 5.89. The number of rotatable bonds is 0. The van der Waals surface area contributed by atoms with Crippen molar-refractivity contribution >= 4 is 0 Å². The van der Waals surface area contributed by atoms with E-state index in [1.807, 2.05) is 0 Å². The van der Waals surface area contributed by atoms with Crippen molar-refractivity contribution in [2.24, 2.45) is 5.92 Å². The SMILES string of the molecule is C[C@@H]1COCCOCCN2CCC(N2)C2NNC3CCC(CC32)O1. The fraction of sp³-hybridized carbons (Fsp3) is 1.00. The van der Waals surface area contributed by atoms with Crippen molar-refractivity contribution in [3.8, 4) is 0 Å². The first-order valence-corrected chi connectivity index (χ1v) is 9.63. The molecule has 4 bridgehead atoms. The van der Waals surface area contributed by atoms with Gasteiger partial charge in [0.2, 0.25) is 0 Å². The third kappa shape index (κ3) is 3.93. The lowest BCUT2D eigenvalue weighted by molar-refractivity contribution is -0.0762. The van der Waals surface area contributed by atoms with Gasteiger partial charge >= 0.3 is 0 Å². The minimum atomic E-state index is 0.153. The number of fused-ring (bicyclic) bond motifs is 4. The van der Waals surface area contributed by atoms with Crippen molar-refractivity contribution in [2.45, 2.75) is 62.9 Å². The smallest absolute Gasteiger partial charge is 0.0784 e. The molecule has 7 atom stereocenters. The van der Waals surface area contributed by atoms with E-state index in [4.69, 9.17) is 14.2 Å². The number of ether oxygens (including phenoxy) is 3. The van der Waals surface area contributed by atoms with Crippen LogP contribution >= 0.6 is 0 Å². The molecule has 6 unspecified atom stereocenters. The van der Waals surface area contributed by atoms with Crippen LogP contribution in [-0.2, 0) is 14.2 Å². The molecule has 4 aliphatic rings. The second-order valence-corrected chi connectivity index (χ2v) is 7.67. The predicted octanol–water partition coefficient (Wildman–Crippen LogP) is 0.0309. The molecule has 0 aromatic rings. The second-order valence-electron chi connectivity index (χ2n) is 7.67. The van der Waals surface area contributed by atoms with Gasteiger partial charge in [0.1, 0.15) is 0 Å². The Morgan fingerprint density at radius 1 is 0.917 bits per heavy atom. The highest BCUT2D eigenvalue weighted by molar-refractivity contribution is 5.01. The second kappa shape index (κ2) is 7.95. The first-order valence-electron chi connectivity index (χ1n) is 9.63. The lowest BCUT2D eigenvalue weighted by Crippen LogP contribution is -2.50. The highest BCUT2D eigenvalue weighted by Crippen LogP contribution is 2.34. The summed E-state index contributed by atoms with van der Waals surface area (Å²) in [4.78, 5) is 0. The molecule has 3 heterocycles. The average Bonchev–Trinajstić information content (AvgIpc) is 3.19. The molecule has 7 nitrogen and oxygen atoms in total. The Balaban J connectivity index is 1.42. The molecule has 0 amide bonds. The van der Waals surface area contributed by atoms with E-state index in [2.05, 4.69) is 28.2 Å². The standard InChI is InChI=1S/C17H32N4O3/c1-12-11-23-9-8-22-7-6-21-5-4-16(20-21)17-14-10-13(24-12)2-3-15(14)18-19-17/h12-20H,2-11H2,1H3/t12-,13?,14?,15?,16?,17?/m1/s1. The van der Waals surface area contributed by atoms with Crippen LogP contribution in [0.3, 0.4) is 0 Å². The summed E-state index contributed by atoms with van der Waals surface area (Å²) in [5.74, 6) is 0.637. The summed E-state index contributed by atoms with van der Waals surface area (Å²) >= 11 is 0. The lowest BCUT2D eigenvalue weighted by Gasteiger charge is -2.36.